The summed E-state index contributed by atoms with van der Waals surface area (Å²) in [5.74, 6) is -0.890. The Hall–Kier alpha value is -3.01. The molecule has 2 aromatic rings. The standard InChI is InChI=1S/C16H19N5O4S/c1-3-25-15(23)10(2)18-16(24)17-9-12-20-21-14(26-12)13(22)19-11-7-5-4-6-8-11/h4-8,10H,3,9H2,1-2H3,(H,19,22)(H2,17,18,24). The Morgan fingerprint density at radius 3 is 2.62 bits per heavy atom. The Morgan fingerprint density at radius 2 is 1.92 bits per heavy atom. The van der Waals surface area contributed by atoms with Crippen LogP contribution in [0.15, 0.2) is 30.3 Å². The van der Waals surface area contributed by atoms with Crippen LogP contribution < -0.4 is 16.0 Å². The highest BCUT2D eigenvalue weighted by molar-refractivity contribution is 7.13. The number of ether oxygens (including phenoxy) is 1. The molecule has 3 amide bonds. The fraction of sp³-hybridized carbons (Fsp3) is 0.312. The van der Waals surface area contributed by atoms with Gasteiger partial charge in [-0.2, -0.15) is 0 Å². The number of aromatic nitrogens is 2. The molecule has 0 fully saturated rings. The molecule has 1 atom stereocenters. The third-order valence-corrected chi connectivity index (χ3v) is 4.00. The normalized spacial score (nSPS) is 11.3. The van der Waals surface area contributed by atoms with Gasteiger partial charge in [-0.1, -0.05) is 29.5 Å². The van der Waals surface area contributed by atoms with Crippen LogP contribution in [0.1, 0.15) is 28.7 Å². The van der Waals surface area contributed by atoms with Gasteiger partial charge in [0.05, 0.1) is 13.2 Å². The number of anilines is 1. The second-order valence-electron chi connectivity index (χ2n) is 5.12. The van der Waals surface area contributed by atoms with E-state index in [1.165, 1.54) is 6.92 Å². The minimum Gasteiger partial charge on any atom is -0.464 e. The van der Waals surface area contributed by atoms with Crippen molar-refractivity contribution in [2.24, 2.45) is 0 Å². The van der Waals surface area contributed by atoms with Gasteiger partial charge in [0.2, 0.25) is 5.01 Å². The maximum atomic E-state index is 12.1. The Balaban J connectivity index is 1.81. The van der Waals surface area contributed by atoms with Gasteiger partial charge in [0.25, 0.3) is 5.91 Å². The van der Waals surface area contributed by atoms with Gasteiger partial charge in [0.15, 0.2) is 0 Å². The summed E-state index contributed by atoms with van der Waals surface area (Å²) >= 11 is 1.07. The number of hydrogen-bond donors (Lipinski definition) is 3. The Morgan fingerprint density at radius 1 is 1.19 bits per heavy atom. The average molecular weight is 377 g/mol. The smallest absolute Gasteiger partial charge is 0.328 e. The number of para-hydroxylation sites is 1. The zero-order valence-corrected chi connectivity index (χ0v) is 15.1. The van der Waals surface area contributed by atoms with Crippen LogP contribution in [0.4, 0.5) is 10.5 Å². The maximum absolute atomic E-state index is 12.1. The maximum Gasteiger partial charge on any atom is 0.328 e. The van der Waals surface area contributed by atoms with Gasteiger partial charge in [-0.05, 0) is 26.0 Å². The number of nitrogens with one attached hydrogen (secondary N) is 3. The summed E-state index contributed by atoms with van der Waals surface area (Å²) < 4.78 is 4.80. The summed E-state index contributed by atoms with van der Waals surface area (Å²) in [6.45, 7) is 3.53. The van der Waals surface area contributed by atoms with Crippen molar-refractivity contribution in [3.63, 3.8) is 0 Å². The lowest BCUT2D eigenvalue weighted by Gasteiger charge is -2.12. The van der Waals surface area contributed by atoms with E-state index in [-0.39, 0.29) is 24.1 Å². The van der Waals surface area contributed by atoms with E-state index in [0.717, 1.165) is 11.3 Å². The molecule has 1 aromatic carbocycles. The van der Waals surface area contributed by atoms with E-state index in [1.807, 2.05) is 6.07 Å². The van der Waals surface area contributed by atoms with E-state index < -0.39 is 18.0 Å². The topological polar surface area (TPSA) is 122 Å². The van der Waals surface area contributed by atoms with Crippen LogP contribution >= 0.6 is 11.3 Å². The van der Waals surface area contributed by atoms with E-state index in [1.54, 1.807) is 31.2 Å². The Bertz CT molecular complexity index is 765. The first-order chi connectivity index (χ1) is 12.5. The minimum atomic E-state index is -0.767. The quantitative estimate of drug-likeness (QED) is 0.629. The summed E-state index contributed by atoms with van der Waals surface area (Å²) in [7, 11) is 0. The highest BCUT2D eigenvalue weighted by Gasteiger charge is 2.17. The molecule has 138 valence electrons. The molecule has 1 heterocycles. The number of urea groups is 1. The van der Waals surface area contributed by atoms with Gasteiger partial charge in [-0.15, -0.1) is 10.2 Å². The number of hydrogen-bond acceptors (Lipinski definition) is 7. The third-order valence-electron chi connectivity index (χ3n) is 3.08. The number of rotatable bonds is 7. The minimum absolute atomic E-state index is 0.0810. The summed E-state index contributed by atoms with van der Waals surface area (Å²) in [4.78, 5) is 35.3. The van der Waals surface area contributed by atoms with Crippen LogP contribution in [0.2, 0.25) is 0 Å². The zero-order valence-electron chi connectivity index (χ0n) is 14.3. The van der Waals surface area contributed by atoms with Crippen molar-refractivity contribution in [1.82, 2.24) is 20.8 Å². The average Bonchev–Trinajstić information content (AvgIpc) is 3.10. The number of nitrogens with zero attached hydrogens (tertiary/aromatic N) is 2. The van der Waals surface area contributed by atoms with Crippen LogP contribution in [0.25, 0.3) is 0 Å². The van der Waals surface area contributed by atoms with Crippen molar-refractivity contribution in [3.8, 4) is 0 Å². The summed E-state index contributed by atoms with van der Waals surface area (Å²) in [5.41, 5.74) is 0.653. The zero-order chi connectivity index (χ0) is 18.9. The van der Waals surface area contributed by atoms with Crippen molar-refractivity contribution in [3.05, 3.63) is 40.3 Å². The van der Waals surface area contributed by atoms with Gasteiger partial charge in [-0.25, -0.2) is 9.59 Å². The van der Waals surface area contributed by atoms with E-state index >= 15 is 0 Å². The summed E-state index contributed by atoms with van der Waals surface area (Å²) in [6.07, 6.45) is 0. The van der Waals surface area contributed by atoms with E-state index in [4.69, 9.17) is 4.74 Å². The molecule has 10 heteroatoms. The van der Waals surface area contributed by atoms with Crippen LogP contribution in [0, 0.1) is 0 Å². The fourth-order valence-corrected chi connectivity index (χ4v) is 2.53. The predicted octanol–water partition coefficient (Wildman–Crippen LogP) is 1.54. The van der Waals surface area contributed by atoms with E-state index in [0.29, 0.717) is 10.7 Å². The first kappa shape index (κ1) is 19.3. The van der Waals surface area contributed by atoms with Crippen LogP contribution in [0.5, 0.6) is 0 Å². The number of benzene rings is 1. The van der Waals surface area contributed by atoms with Crippen molar-refractivity contribution >= 4 is 34.9 Å². The predicted molar refractivity (Wildman–Crippen MR) is 95.8 cm³/mol. The van der Waals surface area contributed by atoms with Crippen LogP contribution in [-0.4, -0.2) is 40.8 Å². The molecule has 26 heavy (non-hydrogen) atoms. The van der Waals surface area contributed by atoms with Gasteiger partial charge in [-0.3, -0.25) is 4.79 Å². The second kappa shape index (κ2) is 9.47. The Kier molecular flexibility index (Phi) is 7.03. The molecular weight excluding hydrogens is 358 g/mol. The molecule has 3 N–H and O–H groups in total. The Labute approximate surface area is 154 Å². The number of carbonyl (C=O) groups excluding carboxylic acids is 3. The molecular formula is C16H19N5O4S. The molecule has 0 radical (unpaired) electrons. The summed E-state index contributed by atoms with van der Waals surface area (Å²) in [5, 5.41) is 16.0. The van der Waals surface area contributed by atoms with Crippen LogP contribution in [0.3, 0.4) is 0 Å². The molecule has 0 bridgehead atoms. The van der Waals surface area contributed by atoms with Crippen molar-refractivity contribution in [2.45, 2.75) is 26.4 Å². The van der Waals surface area contributed by atoms with E-state index in [2.05, 4.69) is 26.1 Å². The molecule has 9 nitrogen and oxygen atoms in total. The van der Waals surface area contributed by atoms with Crippen molar-refractivity contribution in [2.75, 3.05) is 11.9 Å². The third kappa shape index (κ3) is 5.81. The van der Waals surface area contributed by atoms with Gasteiger partial charge < -0.3 is 20.7 Å². The summed E-state index contributed by atoms with van der Waals surface area (Å²) in [6, 6.07) is 7.67. The first-order valence-corrected chi connectivity index (χ1v) is 8.71. The fourth-order valence-electron chi connectivity index (χ4n) is 1.85. The number of esters is 1. The SMILES string of the molecule is CCOC(=O)C(C)NC(=O)NCc1nnc(C(=O)Nc2ccccc2)s1. The molecule has 0 spiro atoms. The number of carbonyl (C=O) groups is 3. The lowest BCUT2D eigenvalue weighted by atomic mass is 10.3. The molecule has 0 aliphatic rings. The van der Waals surface area contributed by atoms with Gasteiger partial charge in [0, 0.05) is 5.69 Å². The first-order valence-electron chi connectivity index (χ1n) is 7.89. The molecule has 0 aliphatic heterocycles. The molecule has 1 unspecified atom stereocenters. The van der Waals surface area contributed by atoms with Gasteiger partial charge in [0.1, 0.15) is 11.0 Å². The molecule has 0 saturated carbocycles. The molecule has 2 rings (SSSR count). The monoisotopic (exact) mass is 377 g/mol. The highest BCUT2D eigenvalue weighted by atomic mass is 32.1. The largest absolute Gasteiger partial charge is 0.464 e. The van der Waals surface area contributed by atoms with E-state index in [9.17, 15) is 14.4 Å². The number of amides is 3. The molecule has 0 saturated heterocycles. The lowest BCUT2D eigenvalue weighted by molar-refractivity contribution is -0.144. The molecule has 1 aromatic heterocycles. The van der Waals surface area contributed by atoms with Crippen LogP contribution in [-0.2, 0) is 16.1 Å². The van der Waals surface area contributed by atoms with Gasteiger partial charge >= 0.3 is 12.0 Å². The second-order valence-corrected chi connectivity index (χ2v) is 6.18. The highest BCUT2D eigenvalue weighted by Crippen LogP contribution is 2.13. The van der Waals surface area contributed by atoms with Crippen molar-refractivity contribution < 1.29 is 19.1 Å². The van der Waals surface area contributed by atoms with Crippen molar-refractivity contribution in [1.29, 1.82) is 0 Å². The molecule has 0 aliphatic carbocycles. The lowest BCUT2D eigenvalue weighted by Crippen LogP contribution is -2.44.